The summed E-state index contributed by atoms with van der Waals surface area (Å²) in [7, 11) is 2.04. The molecule has 0 saturated carbocycles. The summed E-state index contributed by atoms with van der Waals surface area (Å²) in [6.45, 7) is 3.46. The number of nitrogens with one attached hydrogen (secondary N) is 2. The molecule has 3 saturated heterocycles. The molecule has 178 valence electrons. The lowest BCUT2D eigenvalue weighted by molar-refractivity contribution is 0.0351. The van der Waals surface area contributed by atoms with Crippen LogP contribution in [0.25, 0.3) is 0 Å². The van der Waals surface area contributed by atoms with Gasteiger partial charge in [-0.05, 0) is 51.9 Å². The number of aromatic nitrogens is 4. The molecule has 0 unspecified atom stereocenters. The molecule has 10 heteroatoms. The molecule has 0 aliphatic carbocycles. The second kappa shape index (κ2) is 9.17. The second-order valence-corrected chi connectivity index (χ2v) is 9.59. The van der Waals surface area contributed by atoms with Crippen molar-refractivity contribution in [2.24, 2.45) is 0 Å². The molecular formula is C23H33N7O3. The molecule has 10 nitrogen and oxygen atoms in total. The van der Waals surface area contributed by atoms with Crippen molar-refractivity contribution in [1.29, 1.82) is 0 Å². The van der Waals surface area contributed by atoms with Gasteiger partial charge in [-0.15, -0.1) is 0 Å². The highest BCUT2D eigenvalue weighted by molar-refractivity contribution is 5.66. The van der Waals surface area contributed by atoms with Crippen molar-refractivity contribution in [2.45, 2.75) is 75.9 Å². The number of hydrogen-bond donors (Lipinski definition) is 3. The number of H-pyrrole nitrogens is 1. The summed E-state index contributed by atoms with van der Waals surface area (Å²) in [5.41, 5.74) is 2.00. The average Bonchev–Trinajstić information content (AvgIpc) is 3.22. The summed E-state index contributed by atoms with van der Waals surface area (Å²) in [6.07, 6.45) is 5.69. The van der Waals surface area contributed by atoms with Gasteiger partial charge in [-0.25, -0.2) is 9.78 Å². The molecule has 0 radical (unpaired) electrons. The molecule has 3 aliphatic rings. The first-order valence-electron chi connectivity index (χ1n) is 12.0. The Morgan fingerprint density at radius 3 is 2.52 bits per heavy atom. The van der Waals surface area contributed by atoms with Crippen LogP contribution in [0.3, 0.4) is 0 Å². The lowest BCUT2D eigenvalue weighted by Gasteiger charge is -2.49. The van der Waals surface area contributed by atoms with Crippen LogP contribution < -0.4 is 10.2 Å². The maximum absolute atomic E-state index is 11.8. The lowest BCUT2D eigenvalue weighted by Crippen LogP contribution is -2.58. The minimum Gasteiger partial charge on any atom is -0.465 e. The highest BCUT2D eigenvalue weighted by Gasteiger charge is 2.42. The Bertz CT molecular complexity index is 976. The van der Waals surface area contributed by atoms with Gasteiger partial charge < -0.3 is 25.0 Å². The summed E-state index contributed by atoms with van der Waals surface area (Å²) in [5, 5.41) is 20.3. The van der Waals surface area contributed by atoms with Crippen LogP contribution in [0.15, 0.2) is 12.1 Å². The van der Waals surface area contributed by atoms with Crippen LogP contribution in [0, 0.1) is 6.92 Å². The quantitative estimate of drug-likeness (QED) is 0.625. The summed E-state index contributed by atoms with van der Waals surface area (Å²) < 4.78 is 5.56. The SMILES string of the molecule is Cc1cc(Nc2cc(C3CCOCC3)nc(N(C)[C@@H]3C[C@H]4CCC[C@@H](C3)N4C(=O)O)n2)n[nH]1. The summed E-state index contributed by atoms with van der Waals surface area (Å²) >= 11 is 0. The van der Waals surface area contributed by atoms with Gasteiger partial charge in [0.05, 0.1) is 5.69 Å². The number of nitrogens with zero attached hydrogens (tertiary/aromatic N) is 5. The number of rotatable bonds is 5. The van der Waals surface area contributed by atoms with E-state index >= 15 is 0 Å². The van der Waals surface area contributed by atoms with E-state index < -0.39 is 6.09 Å². The van der Waals surface area contributed by atoms with Crippen molar-refractivity contribution in [3.05, 3.63) is 23.5 Å². The first-order valence-corrected chi connectivity index (χ1v) is 12.0. The molecule has 2 bridgehead atoms. The molecule has 5 heterocycles. The Morgan fingerprint density at radius 1 is 1.15 bits per heavy atom. The number of fused-ring (bicyclic) bond motifs is 2. The summed E-state index contributed by atoms with van der Waals surface area (Å²) in [5.74, 6) is 2.47. The van der Waals surface area contributed by atoms with Crippen LogP contribution in [0.4, 0.5) is 22.4 Å². The predicted molar refractivity (Wildman–Crippen MR) is 124 cm³/mol. The summed E-state index contributed by atoms with van der Waals surface area (Å²) in [4.78, 5) is 25.5. The van der Waals surface area contributed by atoms with Crippen molar-refractivity contribution >= 4 is 23.7 Å². The number of ether oxygens (including phenoxy) is 1. The highest BCUT2D eigenvalue weighted by Crippen LogP contribution is 2.37. The van der Waals surface area contributed by atoms with Crippen molar-refractivity contribution in [2.75, 3.05) is 30.5 Å². The van der Waals surface area contributed by atoms with Gasteiger partial charge in [0.1, 0.15) is 5.82 Å². The van der Waals surface area contributed by atoms with Crippen molar-refractivity contribution in [1.82, 2.24) is 25.1 Å². The maximum Gasteiger partial charge on any atom is 0.407 e. The van der Waals surface area contributed by atoms with E-state index in [2.05, 4.69) is 20.4 Å². The molecule has 3 fully saturated rings. The molecule has 0 aromatic carbocycles. The molecule has 5 rings (SSSR count). The zero-order chi connectivity index (χ0) is 22.9. The number of carbonyl (C=O) groups is 1. The largest absolute Gasteiger partial charge is 0.465 e. The van der Waals surface area contributed by atoms with E-state index in [0.717, 1.165) is 81.2 Å². The first kappa shape index (κ1) is 21.9. The Kier molecular flexibility index (Phi) is 6.09. The molecular weight excluding hydrogens is 422 g/mol. The van der Waals surface area contributed by atoms with Crippen molar-refractivity contribution < 1.29 is 14.6 Å². The molecule has 0 spiro atoms. The molecule has 1 amide bonds. The lowest BCUT2D eigenvalue weighted by atomic mass is 9.81. The number of anilines is 3. The number of amides is 1. The Balaban J connectivity index is 1.42. The van der Waals surface area contributed by atoms with Crippen molar-refractivity contribution in [3.8, 4) is 0 Å². The molecule has 2 aromatic rings. The van der Waals surface area contributed by atoms with Crippen LogP contribution in [0.1, 0.15) is 62.3 Å². The Labute approximate surface area is 193 Å². The smallest absolute Gasteiger partial charge is 0.407 e. The van der Waals surface area contributed by atoms with Gasteiger partial charge in [-0.1, -0.05) is 0 Å². The molecule has 3 aliphatic heterocycles. The third kappa shape index (κ3) is 4.62. The average molecular weight is 456 g/mol. The van der Waals surface area contributed by atoms with Gasteiger partial charge in [-0.3, -0.25) is 5.10 Å². The predicted octanol–water partition coefficient (Wildman–Crippen LogP) is 3.65. The Hall–Kier alpha value is -2.88. The number of carboxylic acid groups (broad SMARTS) is 1. The zero-order valence-corrected chi connectivity index (χ0v) is 19.3. The normalized spacial score (nSPS) is 25.6. The molecule has 3 atom stereocenters. The van der Waals surface area contributed by atoms with Crippen LogP contribution >= 0.6 is 0 Å². The molecule has 3 N–H and O–H groups in total. The van der Waals surface area contributed by atoms with Crippen molar-refractivity contribution in [3.63, 3.8) is 0 Å². The molecule has 33 heavy (non-hydrogen) atoms. The summed E-state index contributed by atoms with van der Waals surface area (Å²) in [6, 6.07) is 4.33. The maximum atomic E-state index is 11.8. The highest BCUT2D eigenvalue weighted by atomic mass is 16.5. The monoisotopic (exact) mass is 455 g/mol. The topological polar surface area (TPSA) is 120 Å². The van der Waals surface area contributed by atoms with Gasteiger partial charge in [-0.2, -0.15) is 10.1 Å². The minimum absolute atomic E-state index is 0.0748. The van der Waals surface area contributed by atoms with E-state index in [0.29, 0.717) is 11.9 Å². The fourth-order valence-corrected chi connectivity index (χ4v) is 5.63. The van der Waals surface area contributed by atoms with Gasteiger partial charge in [0, 0.05) is 62.1 Å². The first-order chi connectivity index (χ1) is 16.0. The number of piperidine rings is 2. The van der Waals surface area contributed by atoms with E-state index in [1.807, 2.05) is 26.1 Å². The minimum atomic E-state index is -0.788. The standard InChI is InChI=1S/C23H33N7O3/c1-14-10-21(28-27-14)25-20-13-19(15-6-8-33-9-7-15)24-22(26-20)29(2)18-11-16-4-3-5-17(12-18)30(16)23(31)32/h10,13,15-18H,3-9,11-12H2,1-2H3,(H,31,32)(H2,24,25,26,27,28)/t16-,17+,18-. The van der Waals surface area contributed by atoms with Crippen LogP contribution in [-0.2, 0) is 4.74 Å². The van der Waals surface area contributed by atoms with E-state index in [1.54, 1.807) is 4.90 Å². The second-order valence-electron chi connectivity index (χ2n) is 9.59. The number of aromatic amines is 1. The third-order valence-electron chi connectivity index (χ3n) is 7.37. The van der Waals surface area contributed by atoms with Gasteiger partial charge in [0.2, 0.25) is 5.95 Å². The number of hydrogen-bond acceptors (Lipinski definition) is 7. The van der Waals surface area contributed by atoms with Gasteiger partial charge >= 0.3 is 6.09 Å². The third-order valence-corrected chi connectivity index (χ3v) is 7.37. The van der Waals surface area contributed by atoms with Gasteiger partial charge in [0.25, 0.3) is 0 Å². The van der Waals surface area contributed by atoms with Gasteiger partial charge in [0.15, 0.2) is 5.82 Å². The zero-order valence-electron chi connectivity index (χ0n) is 19.3. The van der Waals surface area contributed by atoms with E-state index in [1.165, 1.54) is 0 Å². The van der Waals surface area contributed by atoms with Crippen LogP contribution in [0.5, 0.6) is 0 Å². The van der Waals surface area contributed by atoms with Crippen LogP contribution in [-0.4, -0.2) is 74.7 Å². The fourth-order valence-electron chi connectivity index (χ4n) is 5.63. The number of aryl methyl sites for hydroxylation is 1. The van der Waals surface area contributed by atoms with E-state index in [4.69, 9.17) is 14.7 Å². The fraction of sp³-hybridized carbons (Fsp3) is 0.652. The Morgan fingerprint density at radius 2 is 1.88 bits per heavy atom. The van der Waals surface area contributed by atoms with Crippen LogP contribution in [0.2, 0.25) is 0 Å². The van der Waals surface area contributed by atoms with E-state index in [-0.39, 0.29) is 18.1 Å². The van der Waals surface area contributed by atoms with E-state index in [9.17, 15) is 9.90 Å². The molecule has 2 aromatic heterocycles.